The van der Waals surface area contributed by atoms with Gasteiger partial charge in [-0.3, -0.25) is 18.7 Å². The molecule has 0 aliphatic rings. The maximum atomic E-state index is 14.0. The van der Waals surface area contributed by atoms with Crippen LogP contribution in [0.25, 0.3) is 21.7 Å². The van der Waals surface area contributed by atoms with Crippen molar-refractivity contribution in [1.82, 2.24) is 19.1 Å². The maximum Gasteiger partial charge on any atom is 0.278 e. The van der Waals surface area contributed by atoms with E-state index in [1.807, 2.05) is 42.7 Å². The lowest BCUT2D eigenvalue weighted by atomic mass is 10.1. The number of ether oxygens (including phenoxy) is 1. The van der Waals surface area contributed by atoms with Gasteiger partial charge >= 0.3 is 0 Å². The van der Waals surface area contributed by atoms with Crippen LogP contribution in [0.15, 0.2) is 64.0 Å². The third kappa shape index (κ3) is 4.97. The van der Waals surface area contributed by atoms with Crippen LogP contribution in [0.2, 0.25) is 0 Å². The van der Waals surface area contributed by atoms with Crippen LogP contribution in [0.5, 0.6) is 5.75 Å². The van der Waals surface area contributed by atoms with Gasteiger partial charge in [0, 0.05) is 11.6 Å². The molecule has 5 rings (SSSR count). The molecule has 0 fully saturated rings. The lowest BCUT2D eigenvalue weighted by Crippen LogP contribution is -2.23. The van der Waals surface area contributed by atoms with E-state index in [1.54, 1.807) is 30.8 Å². The van der Waals surface area contributed by atoms with E-state index in [2.05, 4.69) is 16.4 Å². The molecule has 3 aromatic heterocycles. The Balaban J connectivity index is 1.69. The molecule has 8 nitrogen and oxygen atoms in total. The topological polar surface area (TPSA) is 91.0 Å². The fraction of sp³-hybridized carbons (Fsp3) is 0.160. The number of anilines is 1. The summed E-state index contributed by atoms with van der Waals surface area (Å²) in [6, 6.07) is 13.3. The predicted octanol–water partition coefficient (Wildman–Crippen LogP) is 5.78. The molecule has 3 heterocycles. The Morgan fingerprint density at radius 1 is 1.16 bits per heavy atom. The van der Waals surface area contributed by atoms with Crippen molar-refractivity contribution in [2.45, 2.75) is 19.0 Å². The lowest BCUT2D eigenvalue weighted by Gasteiger charge is -2.15. The number of fused-ring (bicyclic) bond motifs is 1. The summed E-state index contributed by atoms with van der Waals surface area (Å²) >= 11 is 9.41. The Morgan fingerprint density at radius 3 is 2.70 bits per heavy atom. The van der Waals surface area contributed by atoms with Crippen LogP contribution < -0.4 is 15.6 Å². The van der Waals surface area contributed by atoms with E-state index >= 15 is 0 Å². The zero-order valence-corrected chi connectivity index (χ0v) is 23.3. The number of nitrogens with zero attached hydrogens (tertiary/aromatic N) is 4. The zero-order chi connectivity index (χ0) is 26.1. The molecule has 0 saturated carbocycles. The molecule has 5 aromatic rings. The summed E-state index contributed by atoms with van der Waals surface area (Å²) in [6.07, 6.45) is 1.62. The molecule has 0 spiro atoms. The number of amides is 1. The highest BCUT2D eigenvalue weighted by molar-refractivity contribution is 7.99. The summed E-state index contributed by atoms with van der Waals surface area (Å²) in [4.78, 5) is 35.6. The Labute approximate surface area is 229 Å². The molecule has 0 atom stereocenters. The summed E-state index contributed by atoms with van der Waals surface area (Å²) in [5.41, 5.74) is 3.72. The average Bonchev–Trinajstić information content (AvgIpc) is 3.50. The van der Waals surface area contributed by atoms with Gasteiger partial charge in [-0.05, 0) is 49.8 Å². The number of benzene rings is 2. The van der Waals surface area contributed by atoms with E-state index in [0.29, 0.717) is 36.0 Å². The van der Waals surface area contributed by atoms with Gasteiger partial charge in [-0.15, -0.1) is 11.3 Å². The minimum absolute atomic E-state index is 0.0289. The number of hydrogen-bond donors (Lipinski definition) is 1. The number of thioether (sulfide) groups is 1. The summed E-state index contributed by atoms with van der Waals surface area (Å²) in [5, 5.41) is 5.41. The minimum Gasteiger partial charge on any atom is -0.495 e. The normalized spacial score (nSPS) is 11.1. The SMILES string of the molecule is COc1ccccc1-n1c(SCC(=O)Nc2nccs2)nc2c(sc(=S)n2-c2ccc(C)cc2C)c1=O. The summed E-state index contributed by atoms with van der Waals surface area (Å²) in [6.45, 7) is 4.03. The fourth-order valence-corrected chi connectivity index (χ4v) is 6.53. The standard InChI is InChI=1S/C25H21N5O3S4/c1-14-8-9-16(15(2)12-14)29-21-20(37-25(29)34)22(32)30(17-6-4-5-7-18(17)33-3)24(28-21)36-13-19(31)27-23-26-10-11-35-23/h4-12H,13H2,1-3H3,(H,26,27,31). The molecule has 0 aliphatic heterocycles. The summed E-state index contributed by atoms with van der Waals surface area (Å²) in [5.74, 6) is 0.288. The van der Waals surface area contributed by atoms with Gasteiger partial charge < -0.3 is 10.1 Å². The van der Waals surface area contributed by atoms with Crippen molar-refractivity contribution in [3.05, 3.63) is 79.5 Å². The van der Waals surface area contributed by atoms with Gasteiger partial charge in [-0.2, -0.15) is 0 Å². The number of rotatable bonds is 7. The average molecular weight is 568 g/mol. The molecule has 1 N–H and O–H groups in total. The zero-order valence-electron chi connectivity index (χ0n) is 20.0. The van der Waals surface area contributed by atoms with E-state index in [9.17, 15) is 9.59 Å². The van der Waals surface area contributed by atoms with Crippen molar-refractivity contribution in [2.75, 3.05) is 18.2 Å². The van der Waals surface area contributed by atoms with Gasteiger partial charge in [-0.25, -0.2) is 9.97 Å². The maximum absolute atomic E-state index is 14.0. The van der Waals surface area contributed by atoms with Gasteiger partial charge in [0.1, 0.15) is 10.4 Å². The highest BCUT2D eigenvalue weighted by atomic mass is 32.2. The number of carbonyl (C=O) groups is 1. The summed E-state index contributed by atoms with van der Waals surface area (Å²) < 4.78 is 9.79. The number of carbonyl (C=O) groups excluding carboxylic acids is 1. The molecule has 0 radical (unpaired) electrons. The van der Waals surface area contributed by atoms with Crippen molar-refractivity contribution in [3.63, 3.8) is 0 Å². The Morgan fingerprint density at radius 2 is 1.97 bits per heavy atom. The second kappa shape index (κ2) is 10.6. The molecule has 0 bridgehead atoms. The molecule has 2 aromatic carbocycles. The summed E-state index contributed by atoms with van der Waals surface area (Å²) in [7, 11) is 1.55. The first-order chi connectivity index (χ1) is 17.9. The van der Waals surface area contributed by atoms with Crippen molar-refractivity contribution in [2.24, 2.45) is 0 Å². The third-order valence-corrected chi connectivity index (χ3v) is 8.49. The Hall–Kier alpha value is -3.32. The van der Waals surface area contributed by atoms with Crippen LogP contribution in [0.1, 0.15) is 11.1 Å². The van der Waals surface area contributed by atoms with E-state index in [4.69, 9.17) is 21.9 Å². The van der Waals surface area contributed by atoms with Crippen LogP contribution in [0, 0.1) is 17.8 Å². The molecule has 188 valence electrons. The van der Waals surface area contributed by atoms with E-state index in [-0.39, 0.29) is 17.2 Å². The molecule has 0 unspecified atom stereocenters. The number of nitrogens with one attached hydrogen (secondary N) is 1. The van der Waals surface area contributed by atoms with Crippen LogP contribution >= 0.6 is 46.7 Å². The van der Waals surface area contributed by atoms with Gasteiger partial charge in [0.25, 0.3) is 5.56 Å². The van der Waals surface area contributed by atoms with Crippen LogP contribution in [0.3, 0.4) is 0 Å². The van der Waals surface area contributed by atoms with Gasteiger partial charge in [0.2, 0.25) is 5.91 Å². The van der Waals surface area contributed by atoms with Crippen molar-refractivity contribution in [1.29, 1.82) is 0 Å². The van der Waals surface area contributed by atoms with Crippen LogP contribution in [-0.2, 0) is 4.79 Å². The Bertz CT molecular complexity index is 1740. The number of aryl methyl sites for hydroxylation is 2. The largest absolute Gasteiger partial charge is 0.495 e. The van der Waals surface area contributed by atoms with Gasteiger partial charge in [0.15, 0.2) is 19.9 Å². The molecule has 1 amide bonds. The van der Waals surface area contributed by atoms with E-state index in [0.717, 1.165) is 28.6 Å². The van der Waals surface area contributed by atoms with E-state index in [1.165, 1.54) is 27.2 Å². The first-order valence-electron chi connectivity index (χ1n) is 11.1. The van der Waals surface area contributed by atoms with Crippen LogP contribution in [-0.4, -0.2) is 37.9 Å². The second-order valence-corrected chi connectivity index (χ2v) is 11.5. The molecule has 0 aliphatic carbocycles. The predicted molar refractivity (Wildman–Crippen MR) is 153 cm³/mol. The number of methoxy groups -OCH3 is 1. The molecular formula is C25H21N5O3S4. The number of para-hydroxylation sites is 2. The first kappa shape index (κ1) is 25.3. The second-order valence-electron chi connectivity index (χ2n) is 8.03. The van der Waals surface area contributed by atoms with E-state index < -0.39 is 0 Å². The molecule has 0 saturated heterocycles. The number of aromatic nitrogens is 4. The smallest absolute Gasteiger partial charge is 0.278 e. The fourth-order valence-electron chi connectivity index (χ4n) is 3.90. The third-order valence-electron chi connectivity index (χ3n) is 5.51. The van der Waals surface area contributed by atoms with Crippen molar-refractivity contribution < 1.29 is 9.53 Å². The molecule has 12 heteroatoms. The highest BCUT2D eigenvalue weighted by Gasteiger charge is 2.22. The molecule has 37 heavy (non-hydrogen) atoms. The van der Waals surface area contributed by atoms with Gasteiger partial charge in [-0.1, -0.05) is 52.9 Å². The van der Waals surface area contributed by atoms with Crippen LogP contribution in [0.4, 0.5) is 5.13 Å². The molecular weight excluding hydrogens is 547 g/mol. The minimum atomic E-state index is -0.281. The Kier molecular flexibility index (Phi) is 7.24. The lowest BCUT2D eigenvalue weighted by molar-refractivity contribution is -0.113. The number of hydrogen-bond acceptors (Lipinski definition) is 9. The monoisotopic (exact) mass is 567 g/mol. The first-order valence-corrected chi connectivity index (χ1v) is 14.2. The number of thiazole rings is 2. The van der Waals surface area contributed by atoms with Crippen molar-refractivity contribution in [3.8, 4) is 17.1 Å². The van der Waals surface area contributed by atoms with Crippen molar-refractivity contribution >= 4 is 68.0 Å². The highest BCUT2D eigenvalue weighted by Crippen LogP contribution is 2.31. The quantitative estimate of drug-likeness (QED) is 0.151. The van der Waals surface area contributed by atoms with Gasteiger partial charge in [0.05, 0.1) is 24.2 Å².